The van der Waals surface area contributed by atoms with Crippen molar-refractivity contribution in [3.05, 3.63) is 29.2 Å². The highest BCUT2D eigenvalue weighted by atomic mass is 19.3. The topological polar surface area (TPSA) is 59.2 Å². The highest BCUT2D eigenvalue weighted by molar-refractivity contribution is 5.60. The Kier molecular flexibility index (Phi) is 2.79. The van der Waals surface area contributed by atoms with E-state index in [2.05, 4.69) is 14.7 Å². The van der Waals surface area contributed by atoms with Gasteiger partial charge in [0.15, 0.2) is 0 Å². The van der Waals surface area contributed by atoms with Crippen LogP contribution < -0.4 is 0 Å². The van der Waals surface area contributed by atoms with E-state index in [4.69, 9.17) is 0 Å². The number of halogens is 2. The Morgan fingerprint density at radius 2 is 1.82 bits per heavy atom. The largest absolute Gasteiger partial charge is 0.507 e. The highest BCUT2D eigenvalue weighted by Gasteiger charge is 2.18. The van der Waals surface area contributed by atoms with Gasteiger partial charge in [-0.2, -0.15) is 13.8 Å². The van der Waals surface area contributed by atoms with Crippen molar-refractivity contribution in [1.29, 1.82) is 0 Å². The fraction of sp³-hybridized carbons (Fsp3) is 0.273. The molecule has 1 heterocycles. The molecular weight excluding hydrogens is 230 g/mol. The van der Waals surface area contributed by atoms with Crippen molar-refractivity contribution in [3.63, 3.8) is 0 Å². The molecule has 0 saturated carbocycles. The third-order valence-corrected chi connectivity index (χ3v) is 2.38. The number of benzene rings is 1. The van der Waals surface area contributed by atoms with Crippen LogP contribution in [0.5, 0.6) is 5.75 Å². The van der Waals surface area contributed by atoms with Crippen molar-refractivity contribution in [2.24, 2.45) is 0 Å². The predicted molar refractivity (Wildman–Crippen MR) is 55.8 cm³/mol. The molecule has 1 aromatic heterocycles. The monoisotopic (exact) mass is 240 g/mol. The Bertz CT molecular complexity index is 529. The first-order valence-electron chi connectivity index (χ1n) is 4.91. The fourth-order valence-corrected chi connectivity index (χ4v) is 1.53. The van der Waals surface area contributed by atoms with Crippen LogP contribution in [0.4, 0.5) is 8.78 Å². The minimum atomic E-state index is -2.78. The molecule has 0 aliphatic carbocycles. The Morgan fingerprint density at radius 3 is 2.29 bits per heavy atom. The van der Waals surface area contributed by atoms with Gasteiger partial charge in [0, 0.05) is 5.56 Å². The molecule has 0 unspecified atom stereocenters. The first kappa shape index (κ1) is 11.5. The molecule has 1 aromatic carbocycles. The Balaban J connectivity index is 2.46. The van der Waals surface area contributed by atoms with E-state index >= 15 is 0 Å². The van der Waals surface area contributed by atoms with Gasteiger partial charge in [-0.3, -0.25) is 0 Å². The number of phenolic OH excluding ortho intramolecular Hbond substituents is 1. The van der Waals surface area contributed by atoms with Gasteiger partial charge >= 0.3 is 6.43 Å². The van der Waals surface area contributed by atoms with Gasteiger partial charge in [0.1, 0.15) is 5.75 Å². The molecule has 2 rings (SSSR count). The number of rotatable bonds is 2. The first-order chi connectivity index (χ1) is 7.99. The van der Waals surface area contributed by atoms with E-state index in [0.29, 0.717) is 16.7 Å². The van der Waals surface area contributed by atoms with Crippen LogP contribution in [0.15, 0.2) is 16.7 Å². The Hall–Kier alpha value is -1.98. The third kappa shape index (κ3) is 2.11. The maximum Gasteiger partial charge on any atom is 0.315 e. The van der Waals surface area contributed by atoms with Crippen LogP contribution in [-0.4, -0.2) is 15.2 Å². The van der Waals surface area contributed by atoms with Crippen molar-refractivity contribution >= 4 is 0 Å². The zero-order valence-corrected chi connectivity index (χ0v) is 9.24. The second-order valence-electron chi connectivity index (χ2n) is 3.72. The molecule has 17 heavy (non-hydrogen) atoms. The van der Waals surface area contributed by atoms with Gasteiger partial charge in [-0.25, -0.2) is 0 Å². The van der Waals surface area contributed by atoms with Crippen LogP contribution in [0.25, 0.3) is 11.4 Å². The smallest absolute Gasteiger partial charge is 0.315 e. The van der Waals surface area contributed by atoms with Crippen LogP contribution in [0, 0.1) is 13.8 Å². The summed E-state index contributed by atoms with van der Waals surface area (Å²) in [4.78, 5) is 3.58. The SMILES string of the molecule is Cc1cc(-c2noc(C(F)F)n2)cc(C)c1O. The molecule has 90 valence electrons. The first-order valence-corrected chi connectivity index (χ1v) is 4.91. The number of phenols is 1. The summed E-state index contributed by atoms with van der Waals surface area (Å²) in [6.07, 6.45) is -2.78. The van der Waals surface area contributed by atoms with Crippen LogP contribution >= 0.6 is 0 Å². The lowest BCUT2D eigenvalue weighted by Crippen LogP contribution is -1.87. The minimum Gasteiger partial charge on any atom is -0.507 e. The lowest BCUT2D eigenvalue weighted by Gasteiger charge is -2.04. The summed E-state index contributed by atoms with van der Waals surface area (Å²) in [5.74, 6) is -0.443. The molecule has 0 atom stereocenters. The van der Waals surface area contributed by atoms with Gasteiger partial charge in [-0.05, 0) is 37.1 Å². The molecule has 0 fully saturated rings. The van der Waals surface area contributed by atoms with Crippen molar-refractivity contribution in [3.8, 4) is 17.1 Å². The van der Waals surface area contributed by atoms with E-state index in [0.717, 1.165) is 0 Å². The second kappa shape index (κ2) is 4.12. The van der Waals surface area contributed by atoms with Crippen molar-refractivity contribution < 1.29 is 18.4 Å². The standard InChI is InChI=1S/C11H10F2N2O2/c1-5-3-7(4-6(2)8(5)16)10-14-11(9(12)13)17-15-10/h3-4,9,16H,1-2H3. The maximum absolute atomic E-state index is 12.3. The van der Waals surface area contributed by atoms with Crippen molar-refractivity contribution in [2.75, 3.05) is 0 Å². The van der Waals surface area contributed by atoms with E-state index in [9.17, 15) is 13.9 Å². The highest BCUT2D eigenvalue weighted by Crippen LogP contribution is 2.28. The molecule has 0 saturated heterocycles. The summed E-state index contributed by atoms with van der Waals surface area (Å²) in [6, 6.07) is 3.23. The molecule has 0 radical (unpaired) electrons. The zero-order chi connectivity index (χ0) is 12.6. The average Bonchev–Trinajstić information content (AvgIpc) is 2.74. The fourth-order valence-electron chi connectivity index (χ4n) is 1.53. The second-order valence-corrected chi connectivity index (χ2v) is 3.72. The Morgan fingerprint density at radius 1 is 1.24 bits per heavy atom. The summed E-state index contributed by atoms with van der Waals surface area (Å²) in [5.41, 5.74) is 1.79. The van der Waals surface area contributed by atoms with Crippen LogP contribution in [-0.2, 0) is 0 Å². The van der Waals surface area contributed by atoms with Gasteiger partial charge in [-0.15, -0.1) is 0 Å². The minimum absolute atomic E-state index is 0.0894. The van der Waals surface area contributed by atoms with E-state index in [1.165, 1.54) is 0 Å². The zero-order valence-electron chi connectivity index (χ0n) is 9.24. The van der Waals surface area contributed by atoms with Gasteiger partial charge in [0.05, 0.1) is 0 Å². The van der Waals surface area contributed by atoms with Gasteiger partial charge in [-0.1, -0.05) is 5.16 Å². The number of alkyl halides is 2. The lowest BCUT2D eigenvalue weighted by molar-refractivity contribution is 0.106. The number of aromatic nitrogens is 2. The Labute approximate surface area is 95.9 Å². The number of aryl methyl sites for hydroxylation is 2. The summed E-state index contributed by atoms with van der Waals surface area (Å²) < 4.78 is 29.0. The number of aromatic hydroxyl groups is 1. The van der Waals surface area contributed by atoms with Crippen LogP contribution in [0.3, 0.4) is 0 Å². The van der Waals surface area contributed by atoms with Crippen molar-refractivity contribution in [1.82, 2.24) is 10.1 Å². The van der Waals surface area contributed by atoms with Crippen molar-refractivity contribution in [2.45, 2.75) is 20.3 Å². The molecule has 0 amide bonds. The molecular formula is C11H10F2N2O2. The summed E-state index contributed by atoms with van der Waals surface area (Å²) >= 11 is 0. The van der Waals surface area contributed by atoms with Crippen LogP contribution in [0.1, 0.15) is 23.4 Å². The third-order valence-electron chi connectivity index (χ3n) is 2.38. The predicted octanol–water partition coefficient (Wildman–Crippen LogP) is 3.00. The molecule has 0 aliphatic rings. The van der Waals surface area contributed by atoms with Gasteiger partial charge in [0.2, 0.25) is 5.82 Å². The quantitative estimate of drug-likeness (QED) is 0.876. The summed E-state index contributed by atoms with van der Waals surface area (Å²) in [7, 11) is 0. The number of nitrogens with zero attached hydrogens (tertiary/aromatic N) is 2. The summed E-state index contributed by atoms with van der Waals surface area (Å²) in [5, 5.41) is 13.1. The van der Waals surface area contributed by atoms with E-state index in [-0.39, 0.29) is 11.6 Å². The normalized spacial score (nSPS) is 11.1. The lowest BCUT2D eigenvalue weighted by atomic mass is 10.1. The average molecular weight is 240 g/mol. The maximum atomic E-state index is 12.3. The molecule has 4 nitrogen and oxygen atoms in total. The number of hydrogen-bond donors (Lipinski definition) is 1. The summed E-state index contributed by atoms with van der Waals surface area (Å²) in [6.45, 7) is 3.42. The van der Waals surface area contributed by atoms with E-state index in [1.54, 1.807) is 26.0 Å². The van der Waals surface area contributed by atoms with Crippen LogP contribution in [0.2, 0.25) is 0 Å². The molecule has 0 bridgehead atoms. The van der Waals surface area contributed by atoms with Gasteiger partial charge in [0.25, 0.3) is 5.89 Å². The molecule has 2 aromatic rings. The van der Waals surface area contributed by atoms with E-state index < -0.39 is 12.3 Å². The molecule has 6 heteroatoms. The molecule has 0 aliphatic heterocycles. The molecule has 0 spiro atoms. The molecule has 1 N–H and O–H groups in total. The van der Waals surface area contributed by atoms with Gasteiger partial charge < -0.3 is 9.63 Å². The van der Waals surface area contributed by atoms with E-state index in [1.807, 2.05) is 0 Å². The number of hydrogen-bond acceptors (Lipinski definition) is 4.